The molecule has 0 spiro atoms. The molecule has 15 nitrogen and oxygen atoms in total. The summed E-state index contributed by atoms with van der Waals surface area (Å²) in [6.07, 6.45) is 0. The molecule has 0 bridgehead atoms. The first-order chi connectivity index (χ1) is 20.6. The van der Waals surface area contributed by atoms with Gasteiger partial charge in [-0.2, -0.15) is 18.6 Å². The Morgan fingerprint density at radius 2 is 1.46 bits per heavy atom. The summed E-state index contributed by atoms with van der Waals surface area (Å²) in [5, 5.41) is 20.3. The third-order valence-corrected chi connectivity index (χ3v) is 6.93. The number of azo groups is 1. The van der Waals surface area contributed by atoms with Gasteiger partial charge in [-0.25, -0.2) is 8.42 Å². The van der Waals surface area contributed by atoms with Crippen molar-refractivity contribution in [2.75, 3.05) is 14.2 Å². The fraction of sp³-hybridized carbons (Fsp3) is 0.154. The van der Waals surface area contributed by atoms with Crippen molar-refractivity contribution < 1.29 is 113 Å². The van der Waals surface area contributed by atoms with Gasteiger partial charge in [0.15, 0.2) is 23.3 Å². The first kappa shape index (κ1) is 39.6. The number of hydrogen-bond acceptors (Lipinski definition) is 14. The number of halogens is 1. The zero-order chi connectivity index (χ0) is 32.4. The van der Waals surface area contributed by atoms with Gasteiger partial charge in [-0.1, -0.05) is 48.0 Å². The number of ketones is 1. The first-order valence-electron chi connectivity index (χ1n) is 12.0. The van der Waals surface area contributed by atoms with E-state index in [9.17, 15) is 35.8 Å². The summed E-state index contributed by atoms with van der Waals surface area (Å²) in [5.74, 6) is -2.68. The molecule has 1 atom stereocenters. The van der Waals surface area contributed by atoms with E-state index in [4.69, 9.17) is 29.4 Å². The molecule has 0 saturated carbocycles. The number of nitrogens with zero attached hydrogens (tertiary/aromatic N) is 3. The van der Waals surface area contributed by atoms with Crippen molar-refractivity contribution in [1.82, 2.24) is 0 Å². The number of aliphatic imine (C=N–C) groups is 1. The predicted molar refractivity (Wildman–Crippen MR) is 155 cm³/mol. The van der Waals surface area contributed by atoms with Crippen LogP contribution in [0.5, 0.6) is 23.0 Å². The minimum absolute atomic E-state index is 0. The molecule has 0 aliphatic rings. The van der Waals surface area contributed by atoms with Gasteiger partial charge in [0, 0.05) is 28.3 Å². The molecule has 232 valence electrons. The Labute approximate surface area is 312 Å². The van der Waals surface area contributed by atoms with Crippen molar-refractivity contribution in [1.29, 1.82) is 0 Å². The number of Topliss-reactive ketones (excluding diaryl/α,β-unsaturated/α-hetero) is 1. The van der Waals surface area contributed by atoms with E-state index >= 15 is 0 Å². The Morgan fingerprint density at radius 3 is 2.00 bits per heavy atom. The summed E-state index contributed by atoms with van der Waals surface area (Å²) in [6, 6.07) is 10.1. The largest absolute Gasteiger partial charge is 1.00 e. The summed E-state index contributed by atoms with van der Waals surface area (Å²) in [5.41, 5.74) is -0.314. The van der Waals surface area contributed by atoms with Crippen LogP contribution >= 0.6 is 11.6 Å². The number of fused-ring (bicyclic) bond motifs is 2. The average molecular weight is 712 g/mol. The first-order valence-corrected chi connectivity index (χ1v) is 15.1. The van der Waals surface area contributed by atoms with Crippen molar-refractivity contribution >= 4 is 77.0 Å². The molecule has 0 saturated heterocycles. The summed E-state index contributed by atoms with van der Waals surface area (Å²) in [6.45, 7) is 1.05. The van der Waals surface area contributed by atoms with E-state index < -0.39 is 50.0 Å². The molecular formula is C26H20ClN3Na2O12S2. The van der Waals surface area contributed by atoms with E-state index in [2.05, 4.69) is 15.2 Å². The average Bonchev–Trinajstić information content (AvgIpc) is 2.94. The third-order valence-electron chi connectivity index (χ3n) is 5.89. The summed E-state index contributed by atoms with van der Waals surface area (Å²) >= 11 is 6.09. The summed E-state index contributed by atoms with van der Waals surface area (Å²) in [7, 11) is -7.90. The second-order valence-electron chi connectivity index (χ2n) is 8.74. The summed E-state index contributed by atoms with van der Waals surface area (Å²) < 4.78 is 87.9. The number of ether oxygens (including phenoxy) is 2. The molecule has 0 aliphatic heterocycles. The molecule has 46 heavy (non-hydrogen) atoms. The molecule has 0 aromatic heterocycles. The van der Waals surface area contributed by atoms with Gasteiger partial charge in [0.05, 0.1) is 30.3 Å². The molecule has 0 heterocycles. The van der Waals surface area contributed by atoms with Gasteiger partial charge in [-0.05, 0) is 18.9 Å². The maximum atomic E-state index is 13.1. The number of hydrogen-bond donors (Lipinski definition) is 1. The number of benzene rings is 4. The van der Waals surface area contributed by atoms with Crippen LogP contribution in [0.2, 0.25) is 5.02 Å². The van der Waals surface area contributed by atoms with Gasteiger partial charge in [0.1, 0.15) is 17.2 Å². The van der Waals surface area contributed by atoms with E-state index in [-0.39, 0.29) is 109 Å². The number of methoxy groups -OCH3 is 2. The molecule has 20 heteroatoms. The second kappa shape index (κ2) is 16.0. The number of carbonyl (C=O) groups excluding carboxylic acids is 1. The monoisotopic (exact) mass is 711 g/mol. The van der Waals surface area contributed by atoms with E-state index in [1.807, 2.05) is 0 Å². The fourth-order valence-corrected chi connectivity index (χ4v) is 5.13. The topological polar surface area (TPSA) is 226 Å². The van der Waals surface area contributed by atoms with E-state index in [1.54, 1.807) is 0 Å². The number of carbonyl (C=O) groups is 1. The molecule has 1 unspecified atom stereocenters. The quantitative estimate of drug-likeness (QED) is 0.0334. The van der Waals surface area contributed by atoms with Gasteiger partial charge in [0.25, 0.3) is 10.4 Å². The van der Waals surface area contributed by atoms with Crippen LogP contribution in [-0.4, -0.2) is 57.9 Å². The number of rotatable bonds is 11. The van der Waals surface area contributed by atoms with Crippen molar-refractivity contribution in [3.05, 3.63) is 59.6 Å². The fourth-order valence-electron chi connectivity index (χ4n) is 4.13. The van der Waals surface area contributed by atoms with E-state index in [0.29, 0.717) is 0 Å². The smallest absolute Gasteiger partial charge is 0.860 e. The zero-order valence-corrected chi connectivity index (χ0v) is 31.1. The molecule has 4 rings (SSSR count). The Balaban J connectivity index is 0.00000368. The Hall–Kier alpha value is -2.55. The zero-order valence-electron chi connectivity index (χ0n) is 24.7. The van der Waals surface area contributed by atoms with Crippen LogP contribution in [0, 0.1) is 0 Å². The molecule has 0 aliphatic carbocycles. The van der Waals surface area contributed by atoms with Crippen LogP contribution < -0.4 is 82.1 Å². The Bertz CT molecular complexity index is 2080. The van der Waals surface area contributed by atoms with Crippen LogP contribution in [-0.2, 0) is 25.6 Å². The Morgan fingerprint density at radius 1 is 0.870 bits per heavy atom. The Kier molecular flexibility index (Phi) is 13.8. The van der Waals surface area contributed by atoms with Gasteiger partial charge in [0.2, 0.25) is 0 Å². The minimum Gasteiger partial charge on any atom is -0.860 e. The molecule has 0 radical (unpaired) electrons. The molecule has 1 N–H and O–H groups in total. The van der Waals surface area contributed by atoms with Crippen LogP contribution in [0.15, 0.2) is 69.8 Å². The van der Waals surface area contributed by atoms with Crippen molar-refractivity contribution in [3.63, 3.8) is 0 Å². The SMILES string of the molecule is COc1cc(N=C([O-])C(N=Nc2cccc3c(OS(=O)(=O)[O-])c4ccccc4c(OS(=O)(=O)O)c23)C(C)=O)c(OC)cc1Cl.[Na+].[Na+]. The molecule has 4 aromatic carbocycles. The third kappa shape index (κ3) is 9.29. The second-order valence-corrected chi connectivity index (χ2v) is 11.2. The van der Waals surface area contributed by atoms with Crippen LogP contribution in [0.25, 0.3) is 21.5 Å². The predicted octanol–water partition coefficient (Wildman–Crippen LogP) is -2.18. The summed E-state index contributed by atoms with van der Waals surface area (Å²) in [4.78, 5) is 16.4. The van der Waals surface area contributed by atoms with Crippen molar-refractivity contribution in [2.24, 2.45) is 15.2 Å². The standard InChI is InChI=1S/C26H22ClN3O12S2.2Na/c1-13(31)23(26(32)28-19-12-20(39-2)17(27)11-21(19)40-3)30-29-18-10-6-9-16-22(18)25(42-44(36,37)38)15-8-5-4-7-14(15)24(16)41-43(33,34)35;;/h4-12,23H,1-3H3,(H,28,32)(H,33,34,35)(H,36,37,38);;/q;2*+1/p-2. The minimum atomic E-state index is -5.35. The van der Waals surface area contributed by atoms with E-state index in [1.165, 1.54) is 68.8 Å². The molecule has 0 fully saturated rings. The van der Waals surface area contributed by atoms with Crippen LogP contribution in [0.1, 0.15) is 6.92 Å². The van der Waals surface area contributed by atoms with Gasteiger partial charge < -0.3 is 27.5 Å². The molecule has 0 amide bonds. The van der Waals surface area contributed by atoms with Crippen LogP contribution in [0.3, 0.4) is 0 Å². The molecular weight excluding hydrogens is 692 g/mol. The molecule has 4 aromatic rings. The normalized spacial score (nSPS) is 12.7. The maximum Gasteiger partial charge on any atom is 1.00 e. The van der Waals surface area contributed by atoms with Gasteiger partial charge in [-0.15, -0.1) is 0 Å². The van der Waals surface area contributed by atoms with E-state index in [0.717, 1.165) is 6.92 Å². The maximum absolute atomic E-state index is 13.1. The van der Waals surface area contributed by atoms with Gasteiger partial charge >= 0.3 is 69.5 Å². The van der Waals surface area contributed by atoms with Gasteiger partial charge in [-0.3, -0.25) is 14.3 Å². The van der Waals surface area contributed by atoms with Crippen molar-refractivity contribution in [3.8, 4) is 23.0 Å². The van der Waals surface area contributed by atoms with Crippen molar-refractivity contribution in [2.45, 2.75) is 13.0 Å². The van der Waals surface area contributed by atoms with Crippen LogP contribution in [0.4, 0.5) is 11.4 Å².